The number of hydrogen-bond donors (Lipinski definition) is 2. The van der Waals surface area contributed by atoms with Gasteiger partial charge in [0.25, 0.3) is 0 Å². The molecule has 0 aliphatic heterocycles. The molecule has 3 atom stereocenters. The molecule has 1 aromatic rings. The van der Waals surface area contributed by atoms with Crippen molar-refractivity contribution in [3.63, 3.8) is 0 Å². The third kappa shape index (κ3) is 2.07. The summed E-state index contributed by atoms with van der Waals surface area (Å²) in [5.41, 5.74) is 3.37. The van der Waals surface area contributed by atoms with Crippen LogP contribution in [0.25, 0.3) is 0 Å². The van der Waals surface area contributed by atoms with Crippen molar-refractivity contribution in [1.82, 2.24) is 5.43 Å². The maximum atomic E-state index is 13.8. The van der Waals surface area contributed by atoms with E-state index in [-0.39, 0.29) is 11.9 Å². The van der Waals surface area contributed by atoms with Crippen LogP contribution in [0.2, 0.25) is 0 Å². The van der Waals surface area contributed by atoms with Gasteiger partial charge in [-0.3, -0.25) is 11.3 Å². The zero-order valence-electron chi connectivity index (χ0n) is 8.50. The van der Waals surface area contributed by atoms with Crippen LogP contribution in [0.4, 0.5) is 4.39 Å². The molecule has 1 aliphatic carbocycles. The van der Waals surface area contributed by atoms with Gasteiger partial charge in [-0.25, -0.2) is 4.39 Å². The van der Waals surface area contributed by atoms with Crippen molar-refractivity contribution in [1.29, 1.82) is 0 Å². The van der Waals surface area contributed by atoms with E-state index in [9.17, 15) is 4.39 Å². The van der Waals surface area contributed by atoms with Crippen molar-refractivity contribution in [2.24, 2.45) is 17.7 Å². The molecule has 1 aliphatic rings. The molecule has 3 unspecified atom stereocenters. The molecule has 2 rings (SSSR count). The molecule has 1 aromatic carbocycles. The fourth-order valence-electron chi connectivity index (χ4n) is 2.02. The van der Waals surface area contributed by atoms with E-state index >= 15 is 0 Å². The normalized spacial score (nSPS) is 26.4. The molecule has 0 aromatic heterocycles. The summed E-state index contributed by atoms with van der Waals surface area (Å²) in [7, 11) is 0. The van der Waals surface area contributed by atoms with Crippen LogP contribution < -0.4 is 11.3 Å². The van der Waals surface area contributed by atoms with Gasteiger partial charge >= 0.3 is 0 Å². The Balaban J connectivity index is 2.30. The molecular weight excluding hydrogens is 259 g/mol. The topological polar surface area (TPSA) is 38.0 Å². The zero-order chi connectivity index (χ0) is 11.0. The van der Waals surface area contributed by atoms with Gasteiger partial charge in [0, 0.05) is 5.56 Å². The number of nitrogens with two attached hydrogens (primary N) is 1. The smallest absolute Gasteiger partial charge is 0.142 e. The minimum Gasteiger partial charge on any atom is -0.271 e. The van der Waals surface area contributed by atoms with Gasteiger partial charge in [0.15, 0.2) is 0 Å². The van der Waals surface area contributed by atoms with E-state index in [0.29, 0.717) is 21.9 Å². The Morgan fingerprint density at radius 1 is 1.60 bits per heavy atom. The molecule has 15 heavy (non-hydrogen) atoms. The summed E-state index contributed by atoms with van der Waals surface area (Å²) in [5, 5.41) is 0. The summed E-state index contributed by atoms with van der Waals surface area (Å²) in [6.45, 7) is 2.16. The Hall–Kier alpha value is -0.450. The van der Waals surface area contributed by atoms with Gasteiger partial charge in [-0.05, 0) is 40.3 Å². The summed E-state index contributed by atoms with van der Waals surface area (Å²) in [5.74, 6) is 6.37. The van der Waals surface area contributed by atoms with E-state index in [1.165, 1.54) is 0 Å². The summed E-state index contributed by atoms with van der Waals surface area (Å²) in [6, 6.07) is 5.25. The van der Waals surface area contributed by atoms with Crippen LogP contribution in [0.15, 0.2) is 22.7 Å². The van der Waals surface area contributed by atoms with Crippen molar-refractivity contribution in [2.75, 3.05) is 0 Å². The van der Waals surface area contributed by atoms with Gasteiger partial charge in [-0.2, -0.15) is 0 Å². The lowest BCUT2D eigenvalue weighted by atomic mass is 10.0. The molecule has 0 saturated heterocycles. The maximum absolute atomic E-state index is 13.8. The molecule has 4 heteroatoms. The summed E-state index contributed by atoms with van der Waals surface area (Å²) >= 11 is 3.18. The third-order valence-corrected chi connectivity index (χ3v) is 3.71. The second-order valence-electron chi connectivity index (χ2n) is 4.16. The fourth-order valence-corrected chi connectivity index (χ4v) is 2.40. The lowest BCUT2D eigenvalue weighted by molar-refractivity contribution is 0.451. The van der Waals surface area contributed by atoms with Crippen LogP contribution >= 0.6 is 15.9 Å². The lowest BCUT2D eigenvalue weighted by Gasteiger charge is -2.17. The van der Waals surface area contributed by atoms with Gasteiger partial charge < -0.3 is 0 Å². The van der Waals surface area contributed by atoms with Crippen LogP contribution in [0.1, 0.15) is 24.9 Å². The third-order valence-electron chi connectivity index (χ3n) is 3.10. The van der Waals surface area contributed by atoms with Gasteiger partial charge in [0.1, 0.15) is 5.82 Å². The van der Waals surface area contributed by atoms with Crippen LogP contribution in [0.3, 0.4) is 0 Å². The van der Waals surface area contributed by atoms with Crippen LogP contribution in [-0.2, 0) is 0 Å². The Labute approximate surface area is 97.1 Å². The minimum atomic E-state index is -0.209. The predicted octanol–water partition coefficient (Wildman–Crippen LogP) is 2.75. The molecule has 2 nitrogen and oxygen atoms in total. The average Bonchev–Trinajstić information content (AvgIpc) is 2.91. The number of nitrogens with one attached hydrogen (secondary N) is 1. The highest BCUT2D eigenvalue weighted by Gasteiger charge is 2.40. The molecule has 1 saturated carbocycles. The van der Waals surface area contributed by atoms with E-state index < -0.39 is 0 Å². The monoisotopic (exact) mass is 272 g/mol. The lowest BCUT2D eigenvalue weighted by Crippen LogP contribution is -2.30. The fraction of sp³-hybridized carbons (Fsp3) is 0.455. The molecule has 1 fully saturated rings. The van der Waals surface area contributed by atoms with Crippen LogP contribution in [0, 0.1) is 17.7 Å². The van der Waals surface area contributed by atoms with Crippen LogP contribution in [0.5, 0.6) is 0 Å². The van der Waals surface area contributed by atoms with Gasteiger partial charge in [0.2, 0.25) is 0 Å². The first-order valence-electron chi connectivity index (χ1n) is 5.05. The highest BCUT2D eigenvalue weighted by Crippen LogP contribution is 2.47. The van der Waals surface area contributed by atoms with Gasteiger partial charge in [-0.15, -0.1) is 0 Å². The van der Waals surface area contributed by atoms with E-state index in [1.54, 1.807) is 12.1 Å². The molecule has 0 spiro atoms. The van der Waals surface area contributed by atoms with E-state index in [2.05, 4.69) is 28.3 Å². The number of benzene rings is 1. The number of hydrazine groups is 1. The molecule has 0 bridgehead atoms. The second-order valence-corrected chi connectivity index (χ2v) is 5.02. The van der Waals surface area contributed by atoms with Crippen molar-refractivity contribution >= 4 is 15.9 Å². The maximum Gasteiger partial charge on any atom is 0.142 e. The summed E-state index contributed by atoms with van der Waals surface area (Å²) in [4.78, 5) is 0. The van der Waals surface area contributed by atoms with Crippen molar-refractivity contribution in [3.8, 4) is 0 Å². The Bertz CT molecular complexity index is 370. The first-order chi connectivity index (χ1) is 7.15. The molecule has 82 valence electrons. The van der Waals surface area contributed by atoms with E-state index in [4.69, 9.17) is 5.84 Å². The first-order valence-corrected chi connectivity index (χ1v) is 5.84. The Morgan fingerprint density at radius 3 is 2.80 bits per heavy atom. The molecule has 0 heterocycles. The van der Waals surface area contributed by atoms with Crippen molar-refractivity contribution in [2.45, 2.75) is 19.4 Å². The SMILES string of the molecule is CC1CC1C(NN)c1cccc(Br)c1F. The van der Waals surface area contributed by atoms with Crippen molar-refractivity contribution < 1.29 is 4.39 Å². The minimum absolute atomic E-state index is 0.0718. The summed E-state index contributed by atoms with van der Waals surface area (Å²) in [6.07, 6.45) is 1.11. The molecule has 3 N–H and O–H groups in total. The van der Waals surface area contributed by atoms with Gasteiger partial charge in [0.05, 0.1) is 10.5 Å². The number of rotatable bonds is 3. The largest absolute Gasteiger partial charge is 0.271 e. The zero-order valence-corrected chi connectivity index (χ0v) is 10.1. The number of halogens is 2. The van der Waals surface area contributed by atoms with Gasteiger partial charge in [-0.1, -0.05) is 19.1 Å². The molecular formula is C11H14BrFN2. The standard InChI is InChI=1S/C11H14BrFN2/c1-6-5-8(6)11(15-14)7-3-2-4-9(12)10(7)13/h2-4,6,8,11,15H,5,14H2,1H3. The molecule has 0 amide bonds. The quantitative estimate of drug-likeness (QED) is 0.656. The highest BCUT2D eigenvalue weighted by atomic mass is 79.9. The van der Waals surface area contributed by atoms with Crippen LogP contribution in [-0.4, -0.2) is 0 Å². The van der Waals surface area contributed by atoms with E-state index in [1.807, 2.05) is 6.07 Å². The highest BCUT2D eigenvalue weighted by molar-refractivity contribution is 9.10. The molecule has 0 radical (unpaired) electrons. The average molecular weight is 273 g/mol. The second kappa shape index (κ2) is 4.20. The first kappa shape index (κ1) is 11.0. The van der Waals surface area contributed by atoms with E-state index in [0.717, 1.165) is 6.42 Å². The Kier molecular flexibility index (Phi) is 3.09. The van der Waals surface area contributed by atoms with Crippen molar-refractivity contribution in [3.05, 3.63) is 34.1 Å². The Morgan fingerprint density at radius 2 is 2.27 bits per heavy atom. The predicted molar refractivity (Wildman–Crippen MR) is 61.4 cm³/mol. The summed E-state index contributed by atoms with van der Waals surface area (Å²) < 4.78 is 14.3. The number of hydrogen-bond acceptors (Lipinski definition) is 2.